The van der Waals surface area contributed by atoms with Gasteiger partial charge in [0, 0.05) is 38.5 Å². The van der Waals surface area contributed by atoms with Gasteiger partial charge in [0.1, 0.15) is 0 Å². The lowest BCUT2D eigenvalue weighted by Crippen LogP contribution is -2.41. The zero-order chi connectivity index (χ0) is 16.2. The highest BCUT2D eigenvalue weighted by molar-refractivity contribution is 5.69. The van der Waals surface area contributed by atoms with Crippen LogP contribution in [0.1, 0.15) is 12.8 Å². The predicted molar refractivity (Wildman–Crippen MR) is 92.9 cm³/mol. The van der Waals surface area contributed by atoms with Gasteiger partial charge in [-0.2, -0.15) is 0 Å². The van der Waals surface area contributed by atoms with Crippen LogP contribution < -0.4 is 21.7 Å². The second-order valence-electron chi connectivity index (χ2n) is 6.04. The summed E-state index contributed by atoms with van der Waals surface area (Å²) in [7, 11) is 4.04. The fourth-order valence-corrected chi connectivity index (χ4v) is 2.69. The minimum Gasteiger partial charge on any atom is -0.399 e. The molecule has 0 amide bonds. The Bertz CT molecular complexity index is 580. The van der Waals surface area contributed by atoms with E-state index >= 15 is 0 Å². The third-order valence-electron chi connectivity index (χ3n) is 4.00. The van der Waals surface area contributed by atoms with Crippen molar-refractivity contribution in [3.63, 3.8) is 0 Å². The van der Waals surface area contributed by atoms with E-state index in [1.165, 1.54) is 0 Å². The number of aliphatic hydroxyl groups excluding tert-OH is 1. The highest BCUT2D eigenvalue weighted by Crippen LogP contribution is 2.28. The number of nitrogens with zero attached hydrogens (tertiary/aromatic N) is 1. The van der Waals surface area contributed by atoms with Crippen LogP contribution in [0.15, 0.2) is 47.7 Å². The summed E-state index contributed by atoms with van der Waals surface area (Å²) < 4.78 is 0. The molecule has 0 saturated heterocycles. The molecule has 2 rings (SSSR count). The van der Waals surface area contributed by atoms with Gasteiger partial charge in [0.2, 0.25) is 0 Å². The monoisotopic (exact) mass is 302 g/mol. The number of para-hydroxylation sites is 2. The van der Waals surface area contributed by atoms with Crippen molar-refractivity contribution in [3.05, 3.63) is 47.7 Å². The molecule has 1 aliphatic carbocycles. The Kier molecular flexibility index (Phi) is 5.11. The van der Waals surface area contributed by atoms with Crippen molar-refractivity contribution in [1.82, 2.24) is 0 Å². The predicted octanol–water partition coefficient (Wildman–Crippen LogP) is 1.42. The Labute approximate surface area is 132 Å². The van der Waals surface area contributed by atoms with Crippen molar-refractivity contribution in [3.8, 4) is 0 Å². The first-order chi connectivity index (χ1) is 10.4. The first-order valence-corrected chi connectivity index (χ1v) is 7.52. The molecule has 22 heavy (non-hydrogen) atoms. The number of anilines is 2. The summed E-state index contributed by atoms with van der Waals surface area (Å²) in [5, 5.41) is 12.6. The molecule has 1 aromatic carbocycles. The minimum absolute atomic E-state index is 0.0743. The maximum atomic E-state index is 9.16. The lowest BCUT2D eigenvalue weighted by molar-refractivity contribution is 0.255. The number of aliphatic hydroxyl groups is 1. The van der Waals surface area contributed by atoms with Gasteiger partial charge in [-0.1, -0.05) is 18.2 Å². The summed E-state index contributed by atoms with van der Waals surface area (Å²) in [6.45, 7) is 0.719. The fourth-order valence-electron chi connectivity index (χ4n) is 2.69. The summed E-state index contributed by atoms with van der Waals surface area (Å²) in [5.74, 6) is 0. The lowest BCUT2D eigenvalue weighted by atomic mass is 9.83. The molecule has 6 N–H and O–H groups in total. The first kappa shape index (κ1) is 16.4. The number of hydrogen-bond acceptors (Lipinski definition) is 5. The lowest BCUT2D eigenvalue weighted by Gasteiger charge is -2.31. The van der Waals surface area contributed by atoms with Crippen LogP contribution in [-0.2, 0) is 0 Å². The summed E-state index contributed by atoms with van der Waals surface area (Å²) in [4.78, 5) is 2.07. The van der Waals surface area contributed by atoms with Gasteiger partial charge >= 0.3 is 0 Å². The maximum Gasteiger partial charge on any atom is 0.0596 e. The number of benzene rings is 1. The van der Waals surface area contributed by atoms with Crippen molar-refractivity contribution in [2.75, 3.05) is 37.5 Å². The molecular weight excluding hydrogens is 276 g/mol. The smallest absolute Gasteiger partial charge is 0.0596 e. The summed E-state index contributed by atoms with van der Waals surface area (Å²) in [6, 6.07) is 8.14. The molecule has 5 heteroatoms. The Balaban J connectivity index is 2.10. The number of hydrogen-bond donors (Lipinski definition) is 4. The van der Waals surface area contributed by atoms with E-state index in [1.807, 2.05) is 44.4 Å². The van der Waals surface area contributed by atoms with Gasteiger partial charge in [0.15, 0.2) is 0 Å². The van der Waals surface area contributed by atoms with Crippen LogP contribution in [-0.4, -0.2) is 37.9 Å². The van der Waals surface area contributed by atoms with Gasteiger partial charge < -0.3 is 26.8 Å². The van der Waals surface area contributed by atoms with Gasteiger partial charge in [0.05, 0.1) is 11.4 Å². The molecule has 5 nitrogen and oxygen atoms in total. The maximum absolute atomic E-state index is 9.16. The number of allylic oxidation sites excluding steroid dienone is 1. The first-order valence-electron chi connectivity index (χ1n) is 7.52. The number of rotatable bonds is 6. The van der Waals surface area contributed by atoms with Crippen molar-refractivity contribution >= 4 is 11.4 Å². The van der Waals surface area contributed by atoms with E-state index in [1.54, 1.807) is 0 Å². The molecule has 1 aliphatic rings. The molecule has 0 bridgehead atoms. The summed E-state index contributed by atoms with van der Waals surface area (Å²) in [6.07, 6.45) is 4.95. The quantitative estimate of drug-likeness (QED) is 0.638. The van der Waals surface area contributed by atoms with Crippen LogP contribution in [0.25, 0.3) is 0 Å². The van der Waals surface area contributed by atoms with E-state index in [-0.39, 0.29) is 6.61 Å². The van der Waals surface area contributed by atoms with Crippen LogP contribution in [0, 0.1) is 0 Å². The second kappa shape index (κ2) is 6.85. The Morgan fingerprint density at radius 1 is 1.32 bits per heavy atom. The Morgan fingerprint density at radius 2 is 2.05 bits per heavy atom. The third-order valence-corrected chi connectivity index (χ3v) is 4.00. The normalized spacial score (nSPS) is 21.1. The van der Waals surface area contributed by atoms with Crippen molar-refractivity contribution in [2.45, 2.75) is 18.4 Å². The molecule has 1 unspecified atom stereocenters. The van der Waals surface area contributed by atoms with E-state index < -0.39 is 5.54 Å². The van der Waals surface area contributed by atoms with E-state index in [9.17, 15) is 0 Å². The van der Waals surface area contributed by atoms with Crippen LogP contribution in [0.5, 0.6) is 0 Å². The highest BCUT2D eigenvalue weighted by atomic mass is 16.3. The molecule has 0 fully saturated rings. The van der Waals surface area contributed by atoms with Gasteiger partial charge in [-0.15, -0.1) is 0 Å². The molecule has 0 spiro atoms. The van der Waals surface area contributed by atoms with Crippen molar-refractivity contribution in [2.24, 2.45) is 11.5 Å². The second-order valence-corrected chi connectivity index (χ2v) is 6.04. The molecule has 1 aromatic rings. The zero-order valence-electron chi connectivity index (χ0n) is 13.3. The number of nitrogens with two attached hydrogens (primary N) is 2. The van der Waals surface area contributed by atoms with Crippen LogP contribution in [0.3, 0.4) is 0 Å². The molecule has 120 valence electrons. The van der Waals surface area contributed by atoms with E-state index in [0.717, 1.165) is 22.6 Å². The molecule has 0 saturated carbocycles. The molecule has 1 atom stereocenters. The van der Waals surface area contributed by atoms with Gasteiger partial charge in [-0.3, -0.25) is 0 Å². The van der Waals surface area contributed by atoms with Crippen LogP contribution >= 0.6 is 0 Å². The largest absolute Gasteiger partial charge is 0.399 e. The standard InChI is InChI=1S/C17H26N4O/c1-21(2)16-6-4-3-5-15(16)20-12-13-11-17(19,9-10-22)8-7-14(13)18/h3-8,20,22H,9-12,18-19H2,1-2H3. The average Bonchev–Trinajstić information content (AvgIpc) is 2.49. The molecule has 0 radical (unpaired) electrons. The van der Waals surface area contributed by atoms with Crippen molar-refractivity contribution in [1.29, 1.82) is 0 Å². The topological polar surface area (TPSA) is 87.5 Å². The van der Waals surface area contributed by atoms with Crippen molar-refractivity contribution < 1.29 is 5.11 Å². The highest BCUT2D eigenvalue weighted by Gasteiger charge is 2.26. The Morgan fingerprint density at radius 3 is 2.73 bits per heavy atom. The summed E-state index contributed by atoms with van der Waals surface area (Å²) >= 11 is 0. The van der Waals surface area contributed by atoms with E-state index in [4.69, 9.17) is 16.6 Å². The SMILES string of the molecule is CN(C)c1ccccc1NCC1=C(N)C=CC(N)(CCO)C1. The van der Waals surface area contributed by atoms with E-state index in [0.29, 0.717) is 19.4 Å². The summed E-state index contributed by atoms with van der Waals surface area (Å²) in [5.41, 5.74) is 15.9. The van der Waals surface area contributed by atoms with Gasteiger partial charge in [0.25, 0.3) is 0 Å². The zero-order valence-corrected chi connectivity index (χ0v) is 13.3. The molecular formula is C17H26N4O. The molecule has 0 aliphatic heterocycles. The fraction of sp³-hybridized carbons (Fsp3) is 0.412. The Hall–Kier alpha value is -1.98. The van der Waals surface area contributed by atoms with Gasteiger partial charge in [-0.05, 0) is 36.6 Å². The molecule has 0 heterocycles. The number of nitrogens with one attached hydrogen (secondary N) is 1. The molecule has 0 aromatic heterocycles. The van der Waals surface area contributed by atoms with Crippen LogP contribution in [0.4, 0.5) is 11.4 Å². The van der Waals surface area contributed by atoms with Crippen LogP contribution in [0.2, 0.25) is 0 Å². The third kappa shape index (κ3) is 3.81. The van der Waals surface area contributed by atoms with Gasteiger partial charge in [-0.25, -0.2) is 0 Å². The average molecular weight is 302 g/mol. The van der Waals surface area contributed by atoms with E-state index in [2.05, 4.69) is 16.3 Å². The minimum atomic E-state index is -0.504.